The summed E-state index contributed by atoms with van der Waals surface area (Å²) < 4.78 is 0. The van der Waals surface area contributed by atoms with Gasteiger partial charge in [0, 0.05) is 42.0 Å². The molecular formula is C31H30N2S. The molecule has 0 unspecified atom stereocenters. The van der Waals surface area contributed by atoms with Crippen LogP contribution in [0.2, 0.25) is 0 Å². The van der Waals surface area contributed by atoms with Crippen molar-refractivity contribution in [2.75, 3.05) is 26.2 Å². The van der Waals surface area contributed by atoms with E-state index in [0.717, 1.165) is 32.6 Å². The van der Waals surface area contributed by atoms with E-state index in [0.29, 0.717) is 12.1 Å². The third-order valence-electron chi connectivity index (χ3n) is 7.27. The molecule has 0 bridgehead atoms. The molecule has 2 aliphatic rings. The van der Waals surface area contributed by atoms with Crippen LogP contribution >= 0.6 is 11.8 Å². The van der Waals surface area contributed by atoms with E-state index in [-0.39, 0.29) is 0 Å². The minimum absolute atomic E-state index is 0.308. The molecule has 0 aliphatic carbocycles. The summed E-state index contributed by atoms with van der Waals surface area (Å²) in [4.78, 5) is 8.22. The Morgan fingerprint density at radius 3 is 1.82 bits per heavy atom. The first-order chi connectivity index (χ1) is 16.9. The fourth-order valence-electron chi connectivity index (χ4n) is 5.58. The zero-order valence-corrected chi connectivity index (χ0v) is 20.2. The number of hydrogen-bond donors (Lipinski definition) is 0. The summed E-state index contributed by atoms with van der Waals surface area (Å²) in [6.07, 6.45) is 1.08. The highest BCUT2D eigenvalue weighted by atomic mass is 32.2. The molecule has 1 fully saturated rings. The molecule has 2 nitrogen and oxygen atoms in total. The number of rotatable bonds is 4. The molecular weight excluding hydrogens is 432 g/mol. The molecule has 1 atom stereocenters. The smallest absolute Gasteiger partial charge is 0.0602 e. The van der Waals surface area contributed by atoms with Crippen molar-refractivity contribution in [3.63, 3.8) is 0 Å². The van der Waals surface area contributed by atoms with E-state index in [1.54, 1.807) is 0 Å². The molecule has 0 radical (unpaired) electrons. The van der Waals surface area contributed by atoms with E-state index >= 15 is 0 Å². The molecule has 4 aromatic rings. The van der Waals surface area contributed by atoms with Gasteiger partial charge in [-0.25, -0.2) is 0 Å². The average Bonchev–Trinajstić information content (AvgIpc) is 3.07. The average molecular weight is 463 g/mol. The van der Waals surface area contributed by atoms with Crippen LogP contribution in [0.15, 0.2) is 119 Å². The molecule has 1 saturated heterocycles. The molecule has 0 spiro atoms. The van der Waals surface area contributed by atoms with Gasteiger partial charge in [-0.05, 0) is 40.8 Å². The fraction of sp³-hybridized carbons (Fsp3) is 0.226. The Morgan fingerprint density at radius 2 is 1.15 bits per heavy atom. The van der Waals surface area contributed by atoms with E-state index in [1.165, 1.54) is 32.0 Å². The highest BCUT2D eigenvalue weighted by Crippen LogP contribution is 2.43. The predicted molar refractivity (Wildman–Crippen MR) is 141 cm³/mol. The first-order valence-corrected chi connectivity index (χ1v) is 13.1. The summed E-state index contributed by atoms with van der Waals surface area (Å²) >= 11 is 1.93. The first kappa shape index (κ1) is 21.7. The molecule has 6 rings (SSSR count). The van der Waals surface area contributed by atoms with E-state index in [1.807, 2.05) is 11.8 Å². The summed E-state index contributed by atoms with van der Waals surface area (Å²) in [5.41, 5.74) is 5.72. The predicted octanol–water partition coefficient (Wildman–Crippen LogP) is 6.84. The van der Waals surface area contributed by atoms with Crippen molar-refractivity contribution < 1.29 is 0 Å². The Labute approximate surface area is 207 Å². The van der Waals surface area contributed by atoms with Crippen LogP contribution in [-0.2, 0) is 6.42 Å². The molecule has 170 valence electrons. The van der Waals surface area contributed by atoms with Crippen molar-refractivity contribution in [3.05, 3.63) is 131 Å². The Hall–Kier alpha value is -2.85. The lowest BCUT2D eigenvalue weighted by Crippen LogP contribution is -2.49. The molecule has 2 heterocycles. The summed E-state index contributed by atoms with van der Waals surface area (Å²) in [5, 5.41) is 0. The quantitative estimate of drug-likeness (QED) is 0.328. The lowest BCUT2D eigenvalue weighted by Gasteiger charge is -2.43. The second-order valence-electron chi connectivity index (χ2n) is 9.26. The monoisotopic (exact) mass is 462 g/mol. The molecule has 3 heteroatoms. The largest absolute Gasteiger partial charge is 0.293 e. The van der Waals surface area contributed by atoms with Gasteiger partial charge >= 0.3 is 0 Å². The highest BCUT2D eigenvalue weighted by molar-refractivity contribution is 7.99. The first-order valence-electron chi connectivity index (χ1n) is 12.3. The molecule has 0 amide bonds. The maximum absolute atomic E-state index is 2.73. The van der Waals surface area contributed by atoms with Crippen LogP contribution in [0.5, 0.6) is 0 Å². The molecule has 34 heavy (non-hydrogen) atoms. The van der Waals surface area contributed by atoms with Crippen molar-refractivity contribution in [1.82, 2.24) is 9.80 Å². The van der Waals surface area contributed by atoms with Gasteiger partial charge in [0.15, 0.2) is 0 Å². The molecule has 0 N–H and O–H groups in total. The second-order valence-corrected chi connectivity index (χ2v) is 10.3. The molecule has 4 aromatic carbocycles. The standard InChI is InChI=1S/C31H30N2S/c1-3-11-24(12-4-1)31(25-13-5-2-6-14-25)33-21-19-32(20-22-33)28-23-26-15-7-9-17-29(26)34-30-18-10-8-16-27(28)30/h1-18,28,31H,19-23H2/t28-/m1/s1. The number of piperazine rings is 1. The lowest BCUT2D eigenvalue weighted by atomic mass is 9.94. The van der Waals surface area contributed by atoms with E-state index in [4.69, 9.17) is 0 Å². The van der Waals surface area contributed by atoms with Crippen molar-refractivity contribution in [3.8, 4) is 0 Å². The van der Waals surface area contributed by atoms with Crippen LogP contribution in [0.3, 0.4) is 0 Å². The Kier molecular flexibility index (Phi) is 6.24. The van der Waals surface area contributed by atoms with Gasteiger partial charge in [-0.2, -0.15) is 0 Å². The van der Waals surface area contributed by atoms with Gasteiger partial charge in [-0.3, -0.25) is 9.80 Å². The normalized spacial score (nSPS) is 18.8. The van der Waals surface area contributed by atoms with Crippen molar-refractivity contribution >= 4 is 11.8 Å². The maximum Gasteiger partial charge on any atom is 0.0602 e. The van der Waals surface area contributed by atoms with E-state index < -0.39 is 0 Å². The zero-order valence-electron chi connectivity index (χ0n) is 19.4. The third-order valence-corrected chi connectivity index (χ3v) is 8.48. The number of fused-ring (bicyclic) bond motifs is 2. The summed E-state index contributed by atoms with van der Waals surface area (Å²) in [7, 11) is 0. The van der Waals surface area contributed by atoms with Crippen LogP contribution in [0.4, 0.5) is 0 Å². The number of nitrogens with zero attached hydrogens (tertiary/aromatic N) is 2. The Balaban J connectivity index is 1.27. The summed E-state index contributed by atoms with van der Waals surface area (Å²) in [6, 6.07) is 40.7. The van der Waals surface area contributed by atoms with Crippen molar-refractivity contribution in [1.29, 1.82) is 0 Å². The van der Waals surface area contributed by atoms with E-state index in [9.17, 15) is 0 Å². The topological polar surface area (TPSA) is 6.48 Å². The molecule has 0 saturated carbocycles. The minimum Gasteiger partial charge on any atom is -0.293 e. The van der Waals surface area contributed by atoms with Gasteiger partial charge in [0.25, 0.3) is 0 Å². The zero-order chi connectivity index (χ0) is 22.7. The lowest BCUT2D eigenvalue weighted by molar-refractivity contribution is 0.0773. The van der Waals surface area contributed by atoms with Gasteiger partial charge in [0.1, 0.15) is 0 Å². The van der Waals surface area contributed by atoms with Crippen LogP contribution in [-0.4, -0.2) is 36.0 Å². The van der Waals surface area contributed by atoms with Crippen LogP contribution < -0.4 is 0 Å². The number of hydrogen-bond acceptors (Lipinski definition) is 3. The van der Waals surface area contributed by atoms with Gasteiger partial charge in [-0.15, -0.1) is 0 Å². The fourth-order valence-corrected chi connectivity index (χ4v) is 6.71. The maximum atomic E-state index is 2.73. The van der Waals surface area contributed by atoms with Crippen molar-refractivity contribution in [2.45, 2.75) is 28.3 Å². The second kappa shape index (κ2) is 9.79. The van der Waals surface area contributed by atoms with Crippen LogP contribution in [0, 0.1) is 0 Å². The SMILES string of the molecule is c1ccc(C(c2ccccc2)N2CCN([C@@H]3Cc4ccccc4Sc4ccccc43)CC2)cc1. The summed E-state index contributed by atoms with van der Waals surface area (Å²) in [5.74, 6) is 0. The van der Waals surface area contributed by atoms with Crippen molar-refractivity contribution in [2.24, 2.45) is 0 Å². The third kappa shape index (κ3) is 4.32. The van der Waals surface area contributed by atoms with Gasteiger partial charge in [0.2, 0.25) is 0 Å². The van der Waals surface area contributed by atoms with Gasteiger partial charge < -0.3 is 0 Å². The van der Waals surface area contributed by atoms with Gasteiger partial charge in [0.05, 0.1) is 6.04 Å². The minimum atomic E-state index is 0.308. The molecule has 0 aromatic heterocycles. The van der Waals surface area contributed by atoms with E-state index in [2.05, 4.69) is 119 Å². The van der Waals surface area contributed by atoms with Crippen LogP contribution in [0.25, 0.3) is 0 Å². The Morgan fingerprint density at radius 1 is 0.588 bits per heavy atom. The number of benzene rings is 4. The Bertz CT molecular complexity index is 1190. The summed E-state index contributed by atoms with van der Waals surface area (Å²) in [6.45, 7) is 4.31. The van der Waals surface area contributed by atoms with Gasteiger partial charge in [-0.1, -0.05) is 109 Å². The van der Waals surface area contributed by atoms with Crippen LogP contribution in [0.1, 0.15) is 34.3 Å². The highest BCUT2D eigenvalue weighted by Gasteiger charge is 2.32. The molecule has 2 aliphatic heterocycles.